The molecule has 0 bridgehead atoms. The van der Waals surface area contributed by atoms with Crippen molar-refractivity contribution in [3.63, 3.8) is 0 Å². The van der Waals surface area contributed by atoms with Crippen LogP contribution in [0.1, 0.15) is 35.4 Å². The monoisotopic (exact) mass is 254 g/mol. The van der Waals surface area contributed by atoms with Gasteiger partial charge in [0.15, 0.2) is 11.5 Å². The lowest BCUT2D eigenvalue weighted by Crippen LogP contribution is -2.10. The minimum absolute atomic E-state index is 0.204. The Bertz CT molecular complexity index is 590. The summed E-state index contributed by atoms with van der Waals surface area (Å²) in [7, 11) is 1.59. The third-order valence-electron chi connectivity index (χ3n) is 3.98. The zero-order valence-corrected chi connectivity index (χ0v) is 11.1. The molecular formula is C17H18O2. The Morgan fingerprint density at radius 2 is 2.00 bits per heavy atom. The molecule has 0 fully saturated rings. The van der Waals surface area contributed by atoms with E-state index in [1.54, 1.807) is 13.2 Å². The lowest BCUT2D eigenvalue weighted by atomic mass is 9.79. The highest BCUT2D eigenvalue weighted by Crippen LogP contribution is 2.39. The van der Waals surface area contributed by atoms with E-state index in [1.165, 1.54) is 29.5 Å². The van der Waals surface area contributed by atoms with Crippen LogP contribution < -0.4 is 4.74 Å². The predicted octanol–water partition coefficient (Wildman–Crippen LogP) is 3.87. The number of benzene rings is 2. The molecule has 0 heterocycles. The Labute approximate surface area is 113 Å². The number of phenols is 1. The van der Waals surface area contributed by atoms with E-state index in [9.17, 15) is 5.11 Å². The summed E-state index contributed by atoms with van der Waals surface area (Å²) < 4.78 is 5.21. The van der Waals surface area contributed by atoms with Gasteiger partial charge in [0.2, 0.25) is 0 Å². The Balaban J connectivity index is 2.04. The van der Waals surface area contributed by atoms with Crippen LogP contribution in [-0.2, 0) is 6.42 Å². The number of phenolic OH excluding ortho intramolecular Hbond substituents is 1. The first-order valence-electron chi connectivity index (χ1n) is 6.74. The van der Waals surface area contributed by atoms with Crippen molar-refractivity contribution in [2.75, 3.05) is 7.11 Å². The van der Waals surface area contributed by atoms with E-state index in [2.05, 4.69) is 24.3 Å². The molecule has 0 saturated carbocycles. The van der Waals surface area contributed by atoms with Crippen molar-refractivity contribution in [2.45, 2.75) is 25.2 Å². The second-order valence-electron chi connectivity index (χ2n) is 5.07. The smallest absolute Gasteiger partial charge is 0.160 e. The van der Waals surface area contributed by atoms with Crippen LogP contribution in [0.4, 0.5) is 0 Å². The summed E-state index contributed by atoms with van der Waals surface area (Å²) in [6.07, 6.45) is 3.54. The fourth-order valence-corrected chi connectivity index (χ4v) is 3.01. The number of fused-ring (bicyclic) bond motifs is 1. The Hall–Kier alpha value is -1.96. The molecule has 2 aromatic rings. The zero-order chi connectivity index (χ0) is 13.2. The highest BCUT2D eigenvalue weighted by molar-refractivity contribution is 5.47. The molecule has 0 spiro atoms. The molecule has 1 aliphatic rings. The minimum atomic E-state index is 0.204. The summed E-state index contributed by atoms with van der Waals surface area (Å²) in [6, 6.07) is 14.4. The summed E-state index contributed by atoms with van der Waals surface area (Å²) >= 11 is 0. The lowest BCUT2D eigenvalue weighted by Gasteiger charge is -2.26. The van der Waals surface area contributed by atoms with Crippen molar-refractivity contribution in [2.24, 2.45) is 0 Å². The van der Waals surface area contributed by atoms with Crippen LogP contribution in [0.3, 0.4) is 0 Å². The second kappa shape index (κ2) is 4.96. The first kappa shape index (κ1) is 12.1. The second-order valence-corrected chi connectivity index (χ2v) is 5.07. The molecule has 2 heteroatoms. The summed E-state index contributed by atoms with van der Waals surface area (Å²) in [5.41, 5.74) is 4.09. The molecule has 1 N–H and O–H groups in total. The molecular weight excluding hydrogens is 236 g/mol. The van der Waals surface area contributed by atoms with Gasteiger partial charge in [-0.1, -0.05) is 30.3 Å². The summed E-state index contributed by atoms with van der Waals surface area (Å²) in [5, 5.41) is 9.70. The highest BCUT2D eigenvalue weighted by atomic mass is 16.5. The van der Waals surface area contributed by atoms with Crippen LogP contribution in [0.2, 0.25) is 0 Å². The molecule has 98 valence electrons. The maximum Gasteiger partial charge on any atom is 0.160 e. The summed E-state index contributed by atoms with van der Waals surface area (Å²) in [5.74, 6) is 1.18. The Morgan fingerprint density at radius 3 is 2.84 bits per heavy atom. The van der Waals surface area contributed by atoms with E-state index < -0.39 is 0 Å². The van der Waals surface area contributed by atoms with E-state index in [0.29, 0.717) is 11.7 Å². The van der Waals surface area contributed by atoms with Gasteiger partial charge in [-0.05, 0) is 48.1 Å². The molecule has 1 atom stereocenters. The van der Waals surface area contributed by atoms with Crippen LogP contribution in [0.25, 0.3) is 0 Å². The van der Waals surface area contributed by atoms with E-state index >= 15 is 0 Å². The largest absolute Gasteiger partial charge is 0.504 e. The third kappa shape index (κ3) is 2.19. The maximum atomic E-state index is 9.70. The van der Waals surface area contributed by atoms with Crippen molar-refractivity contribution in [3.8, 4) is 11.5 Å². The van der Waals surface area contributed by atoms with E-state index in [4.69, 9.17) is 4.74 Å². The van der Waals surface area contributed by atoms with Crippen LogP contribution in [0.5, 0.6) is 11.5 Å². The van der Waals surface area contributed by atoms with Gasteiger partial charge < -0.3 is 9.84 Å². The predicted molar refractivity (Wildman–Crippen MR) is 75.9 cm³/mol. The molecule has 3 rings (SSSR count). The van der Waals surface area contributed by atoms with E-state index in [0.717, 1.165) is 6.42 Å². The standard InChI is InChI=1S/C17H18O2/c1-19-17-11-13(9-10-16(17)18)15-8-4-6-12-5-2-3-7-14(12)15/h2-3,5,7,9-11,15,18H,4,6,8H2,1H3. The number of aryl methyl sites for hydroxylation is 1. The fourth-order valence-electron chi connectivity index (χ4n) is 3.01. The van der Waals surface area contributed by atoms with Gasteiger partial charge in [-0.2, -0.15) is 0 Å². The first-order valence-corrected chi connectivity index (χ1v) is 6.74. The molecule has 1 unspecified atom stereocenters. The topological polar surface area (TPSA) is 29.5 Å². The summed E-state index contributed by atoms with van der Waals surface area (Å²) in [6.45, 7) is 0. The van der Waals surface area contributed by atoms with Gasteiger partial charge >= 0.3 is 0 Å². The molecule has 2 nitrogen and oxygen atoms in total. The lowest BCUT2D eigenvalue weighted by molar-refractivity contribution is 0.372. The number of aromatic hydroxyl groups is 1. The van der Waals surface area contributed by atoms with E-state index in [-0.39, 0.29) is 5.75 Å². The van der Waals surface area contributed by atoms with E-state index in [1.807, 2.05) is 12.1 Å². The number of methoxy groups -OCH3 is 1. The van der Waals surface area contributed by atoms with Crippen LogP contribution in [0.15, 0.2) is 42.5 Å². The maximum absolute atomic E-state index is 9.70. The molecule has 0 aromatic heterocycles. The molecule has 2 aromatic carbocycles. The van der Waals surface area contributed by atoms with Crippen molar-refractivity contribution in [1.82, 2.24) is 0 Å². The average Bonchev–Trinajstić information content (AvgIpc) is 2.47. The van der Waals surface area contributed by atoms with Crippen LogP contribution in [-0.4, -0.2) is 12.2 Å². The van der Waals surface area contributed by atoms with Crippen molar-refractivity contribution < 1.29 is 9.84 Å². The van der Waals surface area contributed by atoms with Crippen molar-refractivity contribution >= 4 is 0 Å². The normalized spacial score (nSPS) is 17.8. The molecule has 0 radical (unpaired) electrons. The number of rotatable bonds is 2. The summed E-state index contributed by atoms with van der Waals surface area (Å²) in [4.78, 5) is 0. The number of hydrogen-bond acceptors (Lipinski definition) is 2. The molecule has 1 aliphatic carbocycles. The Kier molecular flexibility index (Phi) is 3.16. The molecule has 0 amide bonds. The quantitative estimate of drug-likeness (QED) is 0.881. The first-order chi connectivity index (χ1) is 9.29. The average molecular weight is 254 g/mol. The van der Waals surface area contributed by atoms with Gasteiger partial charge in [0.1, 0.15) is 0 Å². The van der Waals surface area contributed by atoms with Crippen molar-refractivity contribution in [3.05, 3.63) is 59.2 Å². The highest BCUT2D eigenvalue weighted by Gasteiger charge is 2.22. The molecule has 0 aliphatic heterocycles. The molecule has 19 heavy (non-hydrogen) atoms. The van der Waals surface area contributed by atoms with Gasteiger partial charge in [0.25, 0.3) is 0 Å². The van der Waals surface area contributed by atoms with Gasteiger partial charge in [-0.25, -0.2) is 0 Å². The third-order valence-corrected chi connectivity index (χ3v) is 3.98. The van der Waals surface area contributed by atoms with Gasteiger partial charge in [-0.3, -0.25) is 0 Å². The minimum Gasteiger partial charge on any atom is -0.504 e. The van der Waals surface area contributed by atoms with Crippen LogP contribution >= 0.6 is 0 Å². The van der Waals surface area contributed by atoms with Crippen LogP contribution in [0, 0.1) is 0 Å². The number of ether oxygens (including phenoxy) is 1. The molecule has 0 saturated heterocycles. The Morgan fingerprint density at radius 1 is 1.16 bits per heavy atom. The van der Waals surface area contributed by atoms with Gasteiger partial charge in [-0.15, -0.1) is 0 Å². The number of hydrogen-bond donors (Lipinski definition) is 1. The fraction of sp³-hybridized carbons (Fsp3) is 0.294. The van der Waals surface area contributed by atoms with Gasteiger partial charge in [0, 0.05) is 5.92 Å². The van der Waals surface area contributed by atoms with Gasteiger partial charge in [0.05, 0.1) is 7.11 Å². The van der Waals surface area contributed by atoms with Crippen molar-refractivity contribution in [1.29, 1.82) is 0 Å². The SMILES string of the molecule is COc1cc(C2CCCc3ccccc32)ccc1O. The zero-order valence-electron chi connectivity index (χ0n) is 11.1.